The van der Waals surface area contributed by atoms with E-state index in [1.807, 2.05) is 30.3 Å². The third-order valence-electron chi connectivity index (χ3n) is 1.60. The molecule has 3 heteroatoms. The number of hydrogen-bond donors (Lipinski definition) is 0. The summed E-state index contributed by atoms with van der Waals surface area (Å²) in [5.41, 5.74) is 0.921. The van der Waals surface area contributed by atoms with E-state index in [4.69, 9.17) is 12.6 Å². The molecule has 0 radical (unpaired) electrons. The molecule has 0 aliphatic rings. The van der Waals surface area contributed by atoms with Crippen LogP contribution in [-0.4, -0.2) is 4.98 Å². The number of hydrogen-bond acceptors (Lipinski definition) is 2. The summed E-state index contributed by atoms with van der Waals surface area (Å²) in [4.78, 5) is 5.00. The van der Waals surface area contributed by atoms with Crippen molar-refractivity contribution in [3.05, 3.63) is 36.5 Å². The van der Waals surface area contributed by atoms with Crippen LogP contribution in [0.1, 0.15) is 0 Å². The number of para-hydroxylation sites is 1. The van der Waals surface area contributed by atoms with E-state index in [2.05, 4.69) is 4.98 Å². The maximum Gasteiger partial charge on any atom is 1.00 e. The predicted octanol–water partition coefficient (Wildman–Crippen LogP) is -0.855. The van der Waals surface area contributed by atoms with Gasteiger partial charge < -0.3 is 12.6 Å². The van der Waals surface area contributed by atoms with Gasteiger partial charge in [0.2, 0.25) is 0 Å². The van der Waals surface area contributed by atoms with Gasteiger partial charge in [-0.2, -0.15) is 0 Å². The third-order valence-corrected chi connectivity index (χ3v) is 1.93. The van der Waals surface area contributed by atoms with Crippen molar-refractivity contribution in [1.29, 1.82) is 0 Å². The molecule has 0 amide bonds. The minimum Gasteiger partial charge on any atom is -0.778 e. The summed E-state index contributed by atoms with van der Waals surface area (Å²) < 4.78 is 0. The zero-order valence-electron chi connectivity index (χ0n) is 6.82. The Morgan fingerprint density at radius 2 is 1.83 bits per heavy atom. The van der Waals surface area contributed by atoms with Crippen molar-refractivity contribution in [3.63, 3.8) is 0 Å². The molecule has 0 unspecified atom stereocenters. The molecule has 0 spiro atoms. The number of nitrogens with zero attached hydrogens (tertiary/aromatic N) is 1. The maximum atomic E-state index is 5.09. The van der Waals surface area contributed by atoms with Gasteiger partial charge in [0.25, 0.3) is 0 Å². The van der Waals surface area contributed by atoms with Crippen molar-refractivity contribution in [2.45, 2.75) is 4.90 Å². The van der Waals surface area contributed by atoms with E-state index in [0.29, 0.717) is 0 Å². The average molecular weight is 183 g/mol. The van der Waals surface area contributed by atoms with Gasteiger partial charge in [0, 0.05) is 6.20 Å². The van der Waals surface area contributed by atoms with Crippen molar-refractivity contribution in [2.75, 3.05) is 0 Å². The van der Waals surface area contributed by atoms with Crippen LogP contribution in [0.3, 0.4) is 0 Å². The fourth-order valence-electron chi connectivity index (χ4n) is 1.08. The van der Waals surface area contributed by atoms with E-state index in [9.17, 15) is 0 Å². The Labute approximate surface area is 98.9 Å². The van der Waals surface area contributed by atoms with Crippen LogP contribution in [0.4, 0.5) is 0 Å². The molecule has 0 N–H and O–H groups in total. The first kappa shape index (κ1) is 9.93. The van der Waals surface area contributed by atoms with Crippen LogP contribution < -0.4 is 29.6 Å². The smallest absolute Gasteiger partial charge is 0.778 e. The molecule has 0 saturated carbocycles. The van der Waals surface area contributed by atoms with E-state index in [-0.39, 0.29) is 29.6 Å². The summed E-state index contributed by atoms with van der Waals surface area (Å²) in [7, 11) is 0. The van der Waals surface area contributed by atoms with Crippen LogP contribution in [0.5, 0.6) is 0 Å². The van der Waals surface area contributed by atoms with E-state index < -0.39 is 0 Å². The number of pyridine rings is 1. The molecule has 0 bridgehead atoms. The molecule has 0 aliphatic heterocycles. The number of aromatic nitrogens is 1. The minimum absolute atomic E-state index is 0. The molecule has 0 aliphatic carbocycles. The van der Waals surface area contributed by atoms with Crippen molar-refractivity contribution >= 4 is 23.5 Å². The molecule has 1 heterocycles. The standard InChI is InChI=1S/C9H7NS.Na/c11-8-5-1-3-7-4-2-6-10-9(7)8;/h1-6,11H;/q;+1/p-1. The van der Waals surface area contributed by atoms with Gasteiger partial charge in [-0.1, -0.05) is 24.3 Å². The average Bonchev–Trinajstić information content (AvgIpc) is 2.06. The molecule has 2 aromatic rings. The van der Waals surface area contributed by atoms with Crippen LogP contribution in [0.25, 0.3) is 10.9 Å². The normalized spacial score (nSPS) is 9.33. The van der Waals surface area contributed by atoms with E-state index in [0.717, 1.165) is 15.8 Å². The zero-order chi connectivity index (χ0) is 7.68. The fourth-order valence-corrected chi connectivity index (χ4v) is 1.33. The van der Waals surface area contributed by atoms with E-state index >= 15 is 0 Å². The van der Waals surface area contributed by atoms with Crippen molar-refractivity contribution < 1.29 is 29.6 Å². The van der Waals surface area contributed by atoms with Gasteiger partial charge in [0.1, 0.15) is 0 Å². The van der Waals surface area contributed by atoms with Gasteiger partial charge in [-0.15, -0.1) is 4.90 Å². The molecule has 1 aromatic heterocycles. The summed E-state index contributed by atoms with van der Waals surface area (Å²) in [6, 6.07) is 9.78. The first-order valence-corrected chi connectivity index (χ1v) is 3.79. The van der Waals surface area contributed by atoms with Gasteiger partial charge in [0.15, 0.2) is 0 Å². The van der Waals surface area contributed by atoms with Gasteiger partial charge in [0.05, 0.1) is 5.52 Å². The molecule has 1 nitrogen and oxygen atoms in total. The van der Waals surface area contributed by atoms with E-state index in [1.165, 1.54) is 0 Å². The Morgan fingerprint density at radius 1 is 1.08 bits per heavy atom. The molecule has 0 atom stereocenters. The Bertz CT molecular complexity index is 384. The maximum absolute atomic E-state index is 5.09. The van der Waals surface area contributed by atoms with Gasteiger partial charge >= 0.3 is 29.6 Å². The van der Waals surface area contributed by atoms with Crippen LogP contribution in [0.15, 0.2) is 41.4 Å². The molecular weight excluding hydrogens is 177 g/mol. The summed E-state index contributed by atoms with van der Waals surface area (Å²) in [6.45, 7) is 0. The SMILES string of the molecule is [Na+].[S-]c1cccc2cccnc12. The number of rotatable bonds is 0. The second-order valence-electron chi connectivity index (χ2n) is 2.33. The van der Waals surface area contributed by atoms with Crippen LogP contribution in [0.2, 0.25) is 0 Å². The Morgan fingerprint density at radius 3 is 2.58 bits per heavy atom. The molecule has 2 rings (SSSR count). The van der Waals surface area contributed by atoms with Gasteiger partial charge in [-0.05, 0) is 11.5 Å². The quantitative estimate of drug-likeness (QED) is 0.389. The summed E-state index contributed by atoms with van der Waals surface area (Å²) in [5, 5.41) is 1.11. The van der Waals surface area contributed by atoms with Crippen LogP contribution in [-0.2, 0) is 12.6 Å². The number of benzene rings is 1. The second kappa shape index (κ2) is 4.19. The van der Waals surface area contributed by atoms with Gasteiger partial charge in [-0.25, -0.2) is 0 Å². The molecule has 0 fully saturated rings. The number of fused-ring (bicyclic) bond motifs is 1. The minimum atomic E-state index is 0. The molecule has 0 saturated heterocycles. The summed E-state index contributed by atoms with van der Waals surface area (Å²) in [5.74, 6) is 0. The Balaban J connectivity index is 0.000000720. The van der Waals surface area contributed by atoms with E-state index in [1.54, 1.807) is 6.20 Å². The Hall–Kier alpha value is -0.150. The molecule has 12 heavy (non-hydrogen) atoms. The van der Waals surface area contributed by atoms with Crippen molar-refractivity contribution in [2.24, 2.45) is 0 Å². The predicted molar refractivity (Wildman–Crippen MR) is 47.4 cm³/mol. The van der Waals surface area contributed by atoms with Crippen molar-refractivity contribution in [3.8, 4) is 0 Å². The third kappa shape index (κ3) is 1.77. The topological polar surface area (TPSA) is 12.9 Å². The monoisotopic (exact) mass is 183 g/mol. The molecular formula is C9H6NNaS. The fraction of sp³-hybridized carbons (Fsp3) is 0. The second-order valence-corrected chi connectivity index (χ2v) is 2.77. The van der Waals surface area contributed by atoms with Gasteiger partial charge in [-0.3, -0.25) is 4.98 Å². The first-order chi connectivity index (χ1) is 5.38. The zero-order valence-corrected chi connectivity index (χ0v) is 9.64. The van der Waals surface area contributed by atoms with Crippen LogP contribution >= 0.6 is 0 Å². The first-order valence-electron chi connectivity index (χ1n) is 3.39. The largest absolute Gasteiger partial charge is 1.00 e. The van der Waals surface area contributed by atoms with Crippen LogP contribution in [0, 0.1) is 0 Å². The molecule has 54 valence electrons. The van der Waals surface area contributed by atoms with Crippen molar-refractivity contribution in [1.82, 2.24) is 4.98 Å². The summed E-state index contributed by atoms with van der Waals surface area (Å²) in [6.07, 6.45) is 1.76. The Kier molecular flexibility index (Phi) is 3.47. The molecule has 1 aromatic carbocycles. The summed E-state index contributed by atoms with van der Waals surface area (Å²) >= 11 is 5.09.